The number of anilines is 1. The SMILES string of the molecule is CCN(C)C(=O)c1ccc(-c2ccc3c(n2)Oc2nc(N(C)C)ccc2C3C(C)(C)C(=O)N=C(N)SC(C)=N)cc1. The number of amides is 2. The number of carbonyl (C=O) groups excluding carboxylic acids is 2. The number of nitrogens with zero attached hydrogens (tertiary/aromatic N) is 5. The van der Waals surface area contributed by atoms with Gasteiger partial charge in [0.2, 0.25) is 11.8 Å². The number of pyridine rings is 2. The molecule has 2 aromatic heterocycles. The van der Waals surface area contributed by atoms with Crippen LogP contribution >= 0.6 is 11.8 Å². The van der Waals surface area contributed by atoms with E-state index < -0.39 is 17.2 Å². The van der Waals surface area contributed by atoms with Gasteiger partial charge in [-0.3, -0.25) is 15.0 Å². The first-order chi connectivity index (χ1) is 19.3. The molecule has 10 nitrogen and oxygen atoms in total. The summed E-state index contributed by atoms with van der Waals surface area (Å²) in [7, 11) is 5.54. The van der Waals surface area contributed by atoms with Gasteiger partial charge in [0.1, 0.15) is 5.82 Å². The second kappa shape index (κ2) is 11.7. The Morgan fingerprint density at radius 2 is 1.63 bits per heavy atom. The maximum absolute atomic E-state index is 13.5. The van der Waals surface area contributed by atoms with Crippen LogP contribution in [0.15, 0.2) is 53.5 Å². The van der Waals surface area contributed by atoms with Gasteiger partial charge in [0, 0.05) is 55.9 Å². The normalized spacial score (nSPS) is 14.4. The van der Waals surface area contributed by atoms with Gasteiger partial charge >= 0.3 is 0 Å². The van der Waals surface area contributed by atoms with E-state index in [1.165, 1.54) is 0 Å². The van der Waals surface area contributed by atoms with Gasteiger partial charge in [-0.15, -0.1) is 0 Å². The number of hydrogen-bond acceptors (Lipinski definition) is 8. The zero-order valence-corrected chi connectivity index (χ0v) is 25.2. The molecule has 0 bridgehead atoms. The lowest BCUT2D eigenvalue weighted by atomic mass is 9.70. The first-order valence-electron chi connectivity index (χ1n) is 13.2. The summed E-state index contributed by atoms with van der Waals surface area (Å²) in [5.74, 6) is 0.453. The number of benzene rings is 1. The fourth-order valence-electron chi connectivity index (χ4n) is 4.64. The van der Waals surface area contributed by atoms with Crippen molar-refractivity contribution in [3.8, 4) is 23.0 Å². The Bertz CT molecular complexity index is 1530. The molecule has 0 spiro atoms. The van der Waals surface area contributed by atoms with E-state index in [0.717, 1.165) is 28.5 Å². The second-order valence-corrected chi connectivity index (χ2v) is 11.9. The lowest BCUT2D eigenvalue weighted by Crippen LogP contribution is -2.34. The fourth-order valence-corrected chi connectivity index (χ4v) is 5.08. The van der Waals surface area contributed by atoms with Crippen LogP contribution in [0.2, 0.25) is 0 Å². The summed E-state index contributed by atoms with van der Waals surface area (Å²) in [6.45, 7) is 7.76. The van der Waals surface area contributed by atoms with Gasteiger partial charge in [-0.25, -0.2) is 4.98 Å². The Morgan fingerprint density at radius 3 is 2.22 bits per heavy atom. The molecule has 3 N–H and O–H groups in total. The van der Waals surface area contributed by atoms with Crippen LogP contribution in [0.1, 0.15) is 55.1 Å². The second-order valence-electron chi connectivity index (χ2n) is 10.6. The zero-order chi connectivity index (χ0) is 30.1. The first kappa shape index (κ1) is 29.7. The van der Waals surface area contributed by atoms with Gasteiger partial charge in [-0.1, -0.05) is 32.0 Å². The number of fused-ring (bicyclic) bond motifs is 2. The van der Waals surface area contributed by atoms with Crippen LogP contribution in [0.4, 0.5) is 5.82 Å². The van der Waals surface area contributed by atoms with Crippen molar-refractivity contribution in [2.45, 2.75) is 33.6 Å². The molecule has 3 heterocycles. The van der Waals surface area contributed by atoms with Crippen LogP contribution < -0.4 is 15.4 Å². The summed E-state index contributed by atoms with van der Waals surface area (Å²) in [5.41, 5.74) is 8.43. The molecule has 0 saturated heterocycles. The predicted octanol–water partition coefficient (Wildman–Crippen LogP) is 5.14. The summed E-state index contributed by atoms with van der Waals surface area (Å²) < 4.78 is 6.26. The molecule has 11 heteroatoms. The number of hydrogen-bond donors (Lipinski definition) is 2. The summed E-state index contributed by atoms with van der Waals surface area (Å²) >= 11 is 0.938. The molecule has 1 aromatic carbocycles. The molecule has 0 fully saturated rings. The average Bonchev–Trinajstić information content (AvgIpc) is 2.93. The van der Waals surface area contributed by atoms with Gasteiger partial charge < -0.3 is 20.3 Å². The smallest absolute Gasteiger partial charge is 0.254 e. The minimum Gasteiger partial charge on any atom is -0.420 e. The summed E-state index contributed by atoms with van der Waals surface area (Å²) in [6.07, 6.45) is 0. The van der Waals surface area contributed by atoms with Gasteiger partial charge in [-0.05, 0) is 55.9 Å². The Balaban J connectivity index is 1.78. The highest BCUT2D eigenvalue weighted by Crippen LogP contribution is 2.52. The third-order valence-corrected chi connectivity index (χ3v) is 7.64. The number of aromatic nitrogens is 2. The molecule has 41 heavy (non-hydrogen) atoms. The van der Waals surface area contributed by atoms with E-state index in [1.807, 2.05) is 76.2 Å². The number of aliphatic imine (C=N–C) groups is 1. The molecule has 0 radical (unpaired) electrons. The Morgan fingerprint density at radius 1 is 1.02 bits per heavy atom. The maximum Gasteiger partial charge on any atom is 0.254 e. The number of thioether (sulfide) groups is 1. The van der Waals surface area contributed by atoms with Crippen molar-refractivity contribution in [1.29, 1.82) is 5.41 Å². The molecule has 0 saturated carbocycles. The van der Waals surface area contributed by atoms with Crippen LogP contribution in [-0.4, -0.2) is 64.6 Å². The van der Waals surface area contributed by atoms with Crippen molar-refractivity contribution in [3.63, 3.8) is 0 Å². The molecule has 3 aromatic rings. The molecule has 1 atom stereocenters. The summed E-state index contributed by atoms with van der Waals surface area (Å²) in [5, 5.41) is 7.91. The van der Waals surface area contributed by atoms with Crippen LogP contribution in [0.3, 0.4) is 0 Å². The molecular weight excluding hydrogens is 538 g/mol. The molecule has 214 valence electrons. The van der Waals surface area contributed by atoms with Crippen LogP contribution in [0.5, 0.6) is 11.8 Å². The Kier molecular flexibility index (Phi) is 8.48. The largest absolute Gasteiger partial charge is 0.420 e. The third-order valence-electron chi connectivity index (χ3n) is 7.03. The minimum atomic E-state index is -1.05. The Labute approximate surface area is 244 Å². The van der Waals surface area contributed by atoms with E-state index in [4.69, 9.17) is 25.8 Å². The fraction of sp³-hybridized carbons (Fsp3) is 0.333. The number of nitrogens with two attached hydrogens (primary N) is 1. The highest BCUT2D eigenvalue weighted by atomic mass is 32.2. The minimum absolute atomic E-state index is 0.0182. The zero-order valence-electron chi connectivity index (χ0n) is 24.3. The van der Waals surface area contributed by atoms with Crippen molar-refractivity contribution in [2.75, 3.05) is 32.6 Å². The molecule has 2 amide bonds. The van der Waals surface area contributed by atoms with Crippen molar-refractivity contribution < 1.29 is 14.3 Å². The maximum atomic E-state index is 13.5. The quantitative estimate of drug-likeness (QED) is 0.306. The van der Waals surface area contributed by atoms with E-state index in [0.29, 0.717) is 35.4 Å². The molecule has 0 aliphatic carbocycles. The molecule has 1 unspecified atom stereocenters. The third kappa shape index (κ3) is 6.09. The number of carbonyl (C=O) groups is 2. The lowest BCUT2D eigenvalue weighted by molar-refractivity contribution is -0.126. The first-order valence-corrected chi connectivity index (χ1v) is 14.0. The van der Waals surface area contributed by atoms with Crippen molar-refractivity contribution in [3.05, 3.63) is 65.2 Å². The average molecular weight is 574 g/mol. The molecule has 4 rings (SSSR count). The molecule has 1 aliphatic heterocycles. The standard InChI is InChI=1S/C30H35N7O3S/c1-8-37(7)27(38)19-11-9-18(10-12-19)22-15-13-20-24(30(3,4)28(39)35-29(32)41-17(2)31)21-14-16-23(36(5)6)34-26(21)40-25(20)33-22/h9-16,24,31H,8H2,1-7H3,(H2,32,35,39). The van der Waals surface area contributed by atoms with Crippen LogP contribution in [0, 0.1) is 10.8 Å². The van der Waals surface area contributed by atoms with E-state index in [9.17, 15) is 9.59 Å². The number of rotatable bonds is 6. The van der Waals surface area contributed by atoms with Gasteiger partial charge in [-0.2, -0.15) is 9.98 Å². The topological polar surface area (TPSA) is 138 Å². The van der Waals surface area contributed by atoms with Crippen molar-refractivity contribution in [2.24, 2.45) is 16.1 Å². The van der Waals surface area contributed by atoms with Crippen molar-refractivity contribution >= 4 is 39.6 Å². The monoisotopic (exact) mass is 573 g/mol. The number of nitrogens with one attached hydrogen (secondary N) is 1. The van der Waals surface area contributed by atoms with E-state index in [-0.39, 0.29) is 16.1 Å². The summed E-state index contributed by atoms with van der Waals surface area (Å²) in [6, 6.07) is 14.9. The molecule has 1 aliphatic rings. The van der Waals surface area contributed by atoms with Gasteiger partial charge in [0.05, 0.1) is 16.2 Å². The highest BCUT2D eigenvalue weighted by molar-refractivity contribution is 8.26. The van der Waals surface area contributed by atoms with Crippen molar-refractivity contribution in [1.82, 2.24) is 14.9 Å². The van der Waals surface area contributed by atoms with E-state index in [2.05, 4.69) is 4.99 Å². The van der Waals surface area contributed by atoms with Gasteiger partial charge in [0.15, 0.2) is 5.17 Å². The Hall–Kier alpha value is -4.25. The highest BCUT2D eigenvalue weighted by Gasteiger charge is 2.45. The number of ether oxygens (including phenoxy) is 1. The van der Waals surface area contributed by atoms with Crippen LogP contribution in [0.25, 0.3) is 11.3 Å². The number of amidine groups is 1. The van der Waals surface area contributed by atoms with Gasteiger partial charge in [0.25, 0.3) is 11.8 Å². The summed E-state index contributed by atoms with van der Waals surface area (Å²) in [4.78, 5) is 43.2. The lowest BCUT2D eigenvalue weighted by Gasteiger charge is -2.36. The van der Waals surface area contributed by atoms with E-state index >= 15 is 0 Å². The predicted molar refractivity (Wildman–Crippen MR) is 164 cm³/mol. The van der Waals surface area contributed by atoms with Crippen LogP contribution in [-0.2, 0) is 4.79 Å². The molecular formula is C30H35N7O3S. The van der Waals surface area contributed by atoms with E-state index in [1.54, 1.807) is 31.0 Å².